The quantitative estimate of drug-likeness (QED) is 0.572. The van der Waals surface area contributed by atoms with Gasteiger partial charge in [0.15, 0.2) is 11.5 Å². The van der Waals surface area contributed by atoms with Crippen molar-refractivity contribution in [2.45, 2.75) is 13.0 Å². The summed E-state index contributed by atoms with van der Waals surface area (Å²) in [6.07, 6.45) is 0.803. The second-order valence-corrected chi connectivity index (χ2v) is 5.05. The molecule has 0 saturated carbocycles. The molecule has 4 rings (SSSR count). The minimum absolute atomic E-state index is 0.394. The average Bonchev–Trinajstić information content (AvgIpc) is 3.21. The van der Waals surface area contributed by atoms with Crippen molar-refractivity contribution in [3.05, 3.63) is 72.3 Å². The van der Waals surface area contributed by atoms with E-state index in [-0.39, 0.29) is 0 Å². The predicted molar refractivity (Wildman–Crippen MR) is 82.0 cm³/mol. The van der Waals surface area contributed by atoms with Crippen LogP contribution in [0.2, 0.25) is 0 Å². The lowest BCUT2D eigenvalue weighted by atomic mass is 10.1. The third kappa shape index (κ3) is 2.66. The van der Waals surface area contributed by atoms with E-state index < -0.39 is 6.10 Å². The molecule has 6 nitrogen and oxygen atoms in total. The van der Waals surface area contributed by atoms with Gasteiger partial charge in [0, 0.05) is 18.6 Å². The van der Waals surface area contributed by atoms with Crippen LogP contribution in [0.5, 0.6) is 5.75 Å². The molecule has 0 bridgehead atoms. The number of oxazole rings is 1. The van der Waals surface area contributed by atoms with Crippen LogP contribution in [-0.2, 0) is 0 Å². The Labute approximate surface area is 131 Å². The molecular weight excluding hydrogens is 294 g/mol. The number of hydrogen-bond acceptors (Lipinski definition) is 6. The Kier molecular flexibility index (Phi) is 3.27. The van der Waals surface area contributed by atoms with Gasteiger partial charge in [0.25, 0.3) is 5.89 Å². The molecule has 0 spiro atoms. The highest BCUT2D eigenvalue weighted by Crippen LogP contribution is 2.29. The average molecular weight is 307 g/mol. The molecule has 23 heavy (non-hydrogen) atoms. The van der Waals surface area contributed by atoms with E-state index in [2.05, 4.69) is 15.2 Å². The van der Waals surface area contributed by atoms with E-state index in [0.29, 0.717) is 23.1 Å². The fourth-order valence-corrected chi connectivity index (χ4v) is 2.41. The molecule has 2 aromatic heterocycles. The van der Waals surface area contributed by atoms with Gasteiger partial charge in [-0.1, -0.05) is 30.3 Å². The van der Waals surface area contributed by atoms with Crippen LogP contribution in [0.3, 0.4) is 0 Å². The third-order valence-electron chi connectivity index (χ3n) is 3.42. The van der Waals surface area contributed by atoms with E-state index in [1.807, 2.05) is 55.5 Å². The Hall–Kier alpha value is -3.15. The van der Waals surface area contributed by atoms with Crippen molar-refractivity contribution in [2.24, 2.45) is 0 Å². The highest BCUT2D eigenvalue weighted by Gasteiger charge is 2.21. The summed E-state index contributed by atoms with van der Waals surface area (Å²) in [6, 6.07) is 15.2. The number of ether oxygens (including phenoxy) is 1. The van der Waals surface area contributed by atoms with Gasteiger partial charge in [0.05, 0.1) is 0 Å². The van der Waals surface area contributed by atoms with Gasteiger partial charge in [-0.3, -0.25) is 0 Å². The Morgan fingerprint density at radius 2 is 1.96 bits per heavy atom. The topological polar surface area (TPSA) is 74.2 Å². The van der Waals surface area contributed by atoms with Crippen molar-refractivity contribution in [3.8, 4) is 5.75 Å². The molecule has 0 radical (unpaired) electrons. The number of aromatic nitrogens is 3. The summed E-state index contributed by atoms with van der Waals surface area (Å²) in [5, 5.41) is 7.72. The summed E-state index contributed by atoms with van der Waals surface area (Å²) in [7, 11) is 0. The Balaban J connectivity index is 1.71. The van der Waals surface area contributed by atoms with Gasteiger partial charge in [-0.2, -0.15) is 0 Å². The Bertz CT molecular complexity index is 917. The summed E-state index contributed by atoms with van der Waals surface area (Å²) < 4.78 is 17.0. The zero-order valence-corrected chi connectivity index (χ0v) is 12.3. The molecule has 114 valence electrons. The Morgan fingerprint density at radius 3 is 2.74 bits per heavy atom. The smallest absolute Gasteiger partial charge is 0.261 e. The van der Waals surface area contributed by atoms with E-state index in [0.717, 1.165) is 11.1 Å². The van der Waals surface area contributed by atoms with Crippen LogP contribution in [-0.4, -0.2) is 15.2 Å². The van der Waals surface area contributed by atoms with E-state index >= 15 is 0 Å². The maximum atomic E-state index is 6.08. The van der Waals surface area contributed by atoms with Crippen LogP contribution in [0.15, 0.2) is 63.8 Å². The minimum atomic E-state index is -0.486. The van der Waals surface area contributed by atoms with Crippen LogP contribution in [0.1, 0.15) is 23.4 Å². The number of nitrogens with zero attached hydrogens (tertiary/aromatic N) is 3. The lowest BCUT2D eigenvalue weighted by molar-refractivity contribution is 0.208. The SMILES string of the molecule is Cc1nc2ccc(OC(c3ccccc3)c3nnco3)cc2o1. The molecule has 0 fully saturated rings. The largest absolute Gasteiger partial charge is 0.476 e. The second-order valence-electron chi connectivity index (χ2n) is 5.05. The lowest BCUT2D eigenvalue weighted by Gasteiger charge is -2.16. The van der Waals surface area contributed by atoms with Crippen LogP contribution in [0.25, 0.3) is 11.1 Å². The predicted octanol–water partition coefficient (Wildman–Crippen LogP) is 3.69. The van der Waals surface area contributed by atoms with E-state index in [4.69, 9.17) is 13.6 Å². The van der Waals surface area contributed by atoms with E-state index in [1.165, 1.54) is 6.39 Å². The van der Waals surface area contributed by atoms with Gasteiger partial charge in [-0.25, -0.2) is 4.98 Å². The molecule has 0 amide bonds. The van der Waals surface area contributed by atoms with Crippen LogP contribution < -0.4 is 4.74 Å². The first-order chi connectivity index (χ1) is 11.3. The van der Waals surface area contributed by atoms with Crippen molar-refractivity contribution in [2.75, 3.05) is 0 Å². The normalized spacial score (nSPS) is 12.4. The fraction of sp³-hybridized carbons (Fsp3) is 0.118. The maximum absolute atomic E-state index is 6.08. The van der Waals surface area contributed by atoms with Crippen molar-refractivity contribution in [1.29, 1.82) is 0 Å². The molecule has 0 saturated heterocycles. The number of rotatable bonds is 4. The molecule has 2 aromatic carbocycles. The summed E-state index contributed by atoms with van der Waals surface area (Å²) in [6.45, 7) is 1.81. The number of fused-ring (bicyclic) bond motifs is 1. The first kappa shape index (κ1) is 13.5. The zero-order chi connectivity index (χ0) is 15.6. The van der Waals surface area contributed by atoms with Crippen molar-refractivity contribution in [3.63, 3.8) is 0 Å². The summed E-state index contributed by atoms with van der Waals surface area (Å²) in [4.78, 5) is 4.28. The molecule has 0 aliphatic heterocycles. The summed E-state index contributed by atoms with van der Waals surface area (Å²) in [5.41, 5.74) is 2.40. The number of aryl methyl sites for hydroxylation is 1. The molecule has 1 atom stereocenters. The molecule has 0 aliphatic carbocycles. The highest BCUT2D eigenvalue weighted by atomic mass is 16.5. The molecular formula is C17H13N3O3. The van der Waals surface area contributed by atoms with Gasteiger partial charge >= 0.3 is 0 Å². The van der Waals surface area contributed by atoms with Crippen LogP contribution in [0, 0.1) is 6.92 Å². The van der Waals surface area contributed by atoms with Gasteiger partial charge < -0.3 is 13.6 Å². The van der Waals surface area contributed by atoms with E-state index in [1.54, 1.807) is 0 Å². The van der Waals surface area contributed by atoms with Crippen LogP contribution >= 0.6 is 0 Å². The highest BCUT2D eigenvalue weighted by molar-refractivity contribution is 5.74. The second kappa shape index (κ2) is 5.57. The van der Waals surface area contributed by atoms with Gasteiger partial charge in [-0.15, -0.1) is 10.2 Å². The van der Waals surface area contributed by atoms with Crippen LogP contribution in [0.4, 0.5) is 0 Å². The number of benzene rings is 2. The monoisotopic (exact) mass is 307 g/mol. The van der Waals surface area contributed by atoms with Crippen molar-refractivity contribution in [1.82, 2.24) is 15.2 Å². The fourth-order valence-electron chi connectivity index (χ4n) is 2.41. The molecule has 0 N–H and O–H groups in total. The maximum Gasteiger partial charge on any atom is 0.261 e. The van der Waals surface area contributed by atoms with Gasteiger partial charge in [-0.05, 0) is 12.1 Å². The molecule has 0 aliphatic rings. The van der Waals surface area contributed by atoms with Gasteiger partial charge in [0.1, 0.15) is 11.3 Å². The minimum Gasteiger partial charge on any atom is -0.476 e. The molecule has 6 heteroatoms. The Morgan fingerprint density at radius 1 is 1.09 bits per heavy atom. The number of hydrogen-bond donors (Lipinski definition) is 0. The first-order valence-electron chi connectivity index (χ1n) is 7.14. The molecule has 4 aromatic rings. The van der Waals surface area contributed by atoms with E-state index in [9.17, 15) is 0 Å². The van der Waals surface area contributed by atoms with Crippen molar-refractivity contribution >= 4 is 11.1 Å². The molecule has 1 unspecified atom stereocenters. The standard InChI is InChI=1S/C17H13N3O3/c1-11-19-14-8-7-13(9-15(14)22-11)23-16(17-20-18-10-21-17)12-5-3-2-4-6-12/h2-10,16H,1H3. The first-order valence-corrected chi connectivity index (χ1v) is 7.14. The van der Waals surface area contributed by atoms with Gasteiger partial charge in [0.2, 0.25) is 12.5 Å². The zero-order valence-electron chi connectivity index (χ0n) is 12.3. The summed E-state index contributed by atoms with van der Waals surface area (Å²) >= 11 is 0. The summed E-state index contributed by atoms with van der Waals surface area (Å²) in [5.74, 6) is 1.65. The third-order valence-corrected chi connectivity index (χ3v) is 3.42. The van der Waals surface area contributed by atoms with Crippen molar-refractivity contribution < 1.29 is 13.6 Å². The lowest BCUT2D eigenvalue weighted by Crippen LogP contribution is -2.10. The molecule has 2 heterocycles.